The van der Waals surface area contributed by atoms with Crippen molar-refractivity contribution >= 4 is 0 Å². The smallest absolute Gasteiger partial charge is 0.0701 e. The Labute approximate surface area is 121 Å². The van der Waals surface area contributed by atoms with Gasteiger partial charge in [-0.05, 0) is 13.5 Å². The Morgan fingerprint density at radius 1 is 1.15 bits per heavy atom. The summed E-state index contributed by atoms with van der Waals surface area (Å²) in [5.41, 5.74) is 2.45. The molecule has 0 aliphatic carbocycles. The van der Waals surface area contributed by atoms with Gasteiger partial charge in [-0.3, -0.25) is 4.68 Å². The summed E-state index contributed by atoms with van der Waals surface area (Å²) in [6, 6.07) is 0. The molecule has 0 fully saturated rings. The third-order valence-corrected chi connectivity index (χ3v) is 3.02. The van der Waals surface area contributed by atoms with E-state index in [1.54, 1.807) is 7.11 Å². The average molecular weight is 285 g/mol. The van der Waals surface area contributed by atoms with E-state index in [9.17, 15) is 0 Å². The maximum absolute atomic E-state index is 5.52. The molecule has 0 amide bonds. The maximum atomic E-state index is 5.52. The molecule has 116 valence electrons. The Morgan fingerprint density at radius 3 is 2.55 bits per heavy atom. The van der Waals surface area contributed by atoms with E-state index in [-0.39, 0.29) is 0 Å². The molecule has 1 aromatic heterocycles. The summed E-state index contributed by atoms with van der Waals surface area (Å²) in [6.07, 6.45) is 1.92. The van der Waals surface area contributed by atoms with Crippen molar-refractivity contribution in [2.24, 2.45) is 0 Å². The largest absolute Gasteiger partial charge is 0.382 e. The first-order valence-corrected chi connectivity index (χ1v) is 7.16. The summed E-state index contributed by atoms with van der Waals surface area (Å²) < 4.78 is 17.7. The Balaban J connectivity index is 2.11. The van der Waals surface area contributed by atoms with Gasteiger partial charge in [0.15, 0.2) is 0 Å². The summed E-state index contributed by atoms with van der Waals surface area (Å²) in [5.74, 6) is 0. The van der Waals surface area contributed by atoms with Gasteiger partial charge < -0.3 is 19.5 Å². The molecule has 1 heterocycles. The number of aromatic nitrogens is 2. The highest BCUT2D eigenvalue weighted by Crippen LogP contribution is 2.06. The number of ether oxygens (including phenoxy) is 3. The van der Waals surface area contributed by atoms with Crippen molar-refractivity contribution in [3.63, 3.8) is 0 Å². The molecular weight excluding hydrogens is 258 g/mol. The third kappa shape index (κ3) is 6.47. The highest BCUT2D eigenvalue weighted by Gasteiger charge is 2.05. The topological polar surface area (TPSA) is 57.5 Å². The van der Waals surface area contributed by atoms with Crippen LogP contribution < -0.4 is 5.32 Å². The van der Waals surface area contributed by atoms with E-state index >= 15 is 0 Å². The summed E-state index contributed by atoms with van der Waals surface area (Å²) in [4.78, 5) is 0. The van der Waals surface area contributed by atoms with E-state index in [0.29, 0.717) is 33.0 Å². The van der Waals surface area contributed by atoms with E-state index in [1.165, 1.54) is 11.3 Å². The van der Waals surface area contributed by atoms with Gasteiger partial charge in [0.05, 0.1) is 45.8 Å². The van der Waals surface area contributed by atoms with Crippen molar-refractivity contribution in [2.45, 2.75) is 26.9 Å². The Morgan fingerprint density at radius 2 is 1.85 bits per heavy atom. The van der Waals surface area contributed by atoms with Crippen molar-refractivity contribution in [2.75, 3.05) is 46.7 Å². The van der Waals surface area contributed by atoms with Crippen LogP contribution in [0.4, 0.5) is 0 Å². The van der Waals surface area contributed by atoms with Gasteiger partial charge in [0, 0.05) is 24.9 Å². The van der Waals surface area contributed by atoms with Gasteiger partial charge in [-0.15, -0.1) is 0 Å². The molecule has 1 N–H and O–H groups in total. The van der Waals surface area contributed by atoms with Crippen LogP contribution in [-0.4, -0.2) is 56.5 Å². The van der Waals surface area contributed by atoms with E-state index in [2.05, 4.69) is 24.3 Å². The van der Waals surface area contributed by atoms with Gasteiger partial charge in [0.1, 0.15) is 0 Å². The van der Waals surface area contributed by atoms with Crippen LogP contribution in [0.1, 0.15) is 18.2 Å². The monoisotopic (exact) mass is 285 g/mol. The molecule has 1 rings (SSSR count). The normalized spacial score (nSPS) is 11.2. The molecule has 6 heteroatoms. The Hall–Kier alpha value is -0.950. The second-order valence-corrected chi connectivity index (χ2v) is 4.48. The van der Waals surface area contributed by atoms with Crippen LogP contribution in [0.15, 0.2) is 6.20 Å². The van der Waals surface area contributed by atoms with E-state index in [4.69, 9.17) is 14.2 Å². The molecular formula is C14H27N3O3. The van der Waals surface area contributed by atoms with Gasteiger partial charge in [0.2, 0.25) is 0 Å². The summed E-state index contributed by atoms with van der Waals surface area (Å²) >= 11 is 0. The predicted molar refractivity (Wildman–Crippen MR) is 77.9 cm³/mol. The quantitative estimate of drug-likeness (QED) is 0.580. The van der Waals surface area contributed by atoms with Gasteiger partial charge in [-0.2, -0.15) is 5.10 Å². The first-order valence-electron chi connectivity index (χ1n) is 7.16. The van der Waals surface area contributed by atoms with Crippen LogP contribution in [0, 0.1) is 6.92 Å². The number of hydrogen-bond donors (Lipinski definition) is 1. The first-order chi connectivity index (χ1) is 9.79. The number of methoxy groups -OCH3 is 1. The van der Waals surface area contributed by atoms with Crippen molar-refractivity contribution in [1.82, 2.24) is 15.1 Å². The molecule has 6 nitrogen and oxygen atoms in total. The maximum Gasteiger partial charge on any atom is 0.0701 e. The highest BCUT2D eigenvalue weighted by atomic mass is 16.5. The lowest BCUT2D eigenvalue weighted by Gasteiger charge is -2.08. The number of hydrogen-bond acceptors (Lipinski definition) is 5. The molecule has 0 radical (unpaired) electrons. The minimum absolute atomic E-state index is 0.604. The summed E-state index contributed by atoms with van der Waals surface area (Å²) in [7, 11) is 1.66. The van der Waals surface area contributed by atoms with Crippen LogP contribution in [-0.2, 0) is 27.3 Å². The molecule has 0 aromatic carbocycles. The van der Waals surface area contributed by atoms with Crippen LogP contribution in [0.3, 0.4) is 0 Å². The molecule has 0 saturated carbocycles. The van der Waals surface area contributed by atoms with Crippen LogP contribution >= 0.6 is 0 Å². The Kier molecular flexibility index (Phi) is 9.23. The van der Waals surface area contributed by atoms with Gasteiger partial charge >= 0.3 is 0 Å². The fourth-order valence-electron chi connectivity index (χ4n) is 1.76. The second kappa shape index (κ2) is 10.8. The fourth-order valence-corrected chi connectivity index (χ4v) is 1.76. The molecule has 0 aliphatic rings. The lowest BCUT2D eigenvalue weighted by Crippen LogP contribution is -2.14. The minimum Gasteiger partial charge on any atom is -0.382 e. The SMILES string of the molecule is CCNCc1cnn(CCOCCOCCOC)c1C. The third-order valence-electron chi connectivity index (χ3n) is 3.02. The fraction of sp³-hybridized carbons (Fsp3) is 0.786. The summed E-state index contributed by atoms with van der Waals surface area (Å²) in [5, 5.41) is 7.68. The molecule has 0 aliphatic heterocycles. The first kappa shape index (κ1) is 17.1. The predicted octanol–water partition coefficient (Wildman–Crippen LogP) is 0.981. The van der Waals surface area contributed by atoms with Crippen LogP contribution in [0.25, 0.3) is 0 Å². The number of rotatable bonds is 12. The molecule has 0 spiro atoms. The zero-order chi connectivity index (χ0) is 14.6. The lowest BCUT2D eigenvalue weighted by molar-refractivity contribution is 0.0224. The number of nitrogens with one attached hydrogen (secondary N) is 1. The van der Waals surface area contributed by atoms with E-state index < -0.39 is 0 Å². The second-order valence-electron chi connectivity index (χ2n) is 4.48. The molecule has 0 saturated heterocycles. The summed E-state index contributed by atoms with van der Waals surface area (Å²) in [6.45, 7) is 9.91. The van der Waals surface area contributed by atoms with Gasteiger partial charge in [-0.25, -0.2) is 0 Å². The zero-order valence-electron chi connectivity index (χ0n) is 12.9. The lowest BCUT2D eigenvalue weighted by atomic mass is 10.2. The van der Waals surface area contributed by atoms with Gasteiger partial charge in [-0.1, -0.05) is 6.92 Å². The Bertz CT molecular complexity index is 355. The zero-order valence-corrected chi connectivity index (χ0v) is 12.9. The van der Waals surface area contributed by atoms with Crippen molar-refractivity contribution < 1.29 is 14.2 Å². The van der Waals surface area contributed by atoms with Crippen LogP contribution in [0.5, 0.6) is 0 Å². The molecule has 0 atom stereocenters. The van der Waals surface area contributed by atoms with Crippen molar-refractivity contribution in [3.05, 3.63) is 17.5 Å². The molecule has 0 bridgehead atoms. The van der Waals surface area contributed by atoms with Crippen molar-refractivity contribution in [1.29, 1.82) is 0 Å². The van der Waals surface area contributed by atoms with E-state index in [1.807, 2.05) is 10.9 Å². The molecule has 0 unspecified atom stereocenters. The van der Waals surface area contributed by atoms with Crippen molar-refractivity contribution in [3.8, 4) is 0 Å². The molecule has 1 aromatic rings. The van der Waals surface area contributed by atoms with Crippen LogP contribution in [0.2, 0.25) is 0 Å². The number of nitrogens with zero attached hydrogens (tertiary/aromatic N) is 2. The van der Waals surface area contributed by atoms with Gasteiger partial charge in [0.25, 0.3) is 0 Å². The standard InChI is InChI=1S/C14H27N3O3/c1-4-15-11-14-12-16-17(13(14)2)5-6-19-9-10-20-8-7-18-3/h12,15H,4-11H2,1-3H3. The average Bonchev–Trinajstić information content (AvgIpc) is 2.80. The molecule has 20 heavy (non-hydrogen) atoms. The van der Waals surface area contributed by atoms with E-state index in [0.717, 1.165) is 19.6 Å². The minimum atomic E-state index is 0.604. The highest BCUT2D eigenvalue weighted by molar-refractivity contribution is 5.15.